The summed E-state index contributed by atoms with van der Waals surface area (Å²) in [5.41, 5.74) is 1.19. The Morgan fingerprint density at radius 1 is 1.21 bits per heavy atom. The second-order valence-corrected chi connectivity index (χ2v) is 4.24. The van der Waals surface area contributed by atoms with Crippen molar-refractivity contribution in [3.05, 3.63) is 11.9 Å². The van der Waals surface area contributed by atoms with Gasteiger partial charge in [0.1, 0.15) is 0 Å². The largest absolute Gasteiger partial charge is 0.381 e. The van der Waals surface area contributed by atoms with Crippen LogP contribution in [0, 0.1) is 0 Å². The summed E-state index contributed by atoms with van der Waals surface area (Å²) in [5, 5.41) is 8.44. The molecule has 0 radical (unpaired) electrons. The van der Waals surface area contributed by atoms with Crippen molar-refractivity contribution in [3.8, 4) is 0 Å². The fourth-order valence-corrected chi connectivity index (χ4v) is 1.98. The first-order valence-electron chi connectivity index (χ1n) is 5.43. The number of nitrogens with zero attached hydrogens (tertiary/aromatic N) is 3. The second kappa shape index (κ2) is 3.35. The summed E-state index contributed by atoms with van der Waals surface area (Å²) in [6, 6.07) is 0.517. The van der Waals surface area contributed by atoms with Gasteiger partial charge in [-0.3, -0.25) is 0 Å². The molecule has 0 amide bonds. The highest BCUT2D eigenvalue weighted by atomic mass is 16.5. The lowest BCUT2D eigenvalue weighted by molar-refractivity contribution is 0.0657. The van der Waals surface area contributed by atoms with Crippen molar-refractivity contribution in [2.45, 2.75) is 37.6 Å². The molecular weight excluding hydrogens is 178 g/mol. The molecule has 14 heavy (non-hydrogen) atoms. The molecule has 1 aromatic heterocycles. The molecule has 1 aliphatic carbocycles. The smallest absolute Gasteiger partial charge is 0.0858 e. The highest BCUT2D eigenvalue weighted by molar-refractivity contribution is 5.09. The van der Waals surface area contributed by atoms with Crippen LogP contribution in [-0.4, -0.2) is 28.2 Å². The molecule has 0 aromatic carbocycles. The van der Waals surface area contributed by atoms with Crippen molar-refractivity contribution in [2.75, 3.05) is 13.2 Å². The van der Waals surface area contributed by atoms with Crippen molar-refractivity contribution < 1.29 is 4.74 Å². The molecule has 1 saturated heterocycles. The van der Waals surface area contributed by atoms with E-state index in [4.69, 9.17) is 4.74 Å². The Morgan fingerprint density at radius 2 is 2.00 bits per heavy atom. The van der Waals surface area contributed by atoms with Crippen LogP contribution in [0.25, 0.3) is 0 Å². The number of aromatic nitrogens is 3. The van der Waals surface area contributed by atoms with Gasteiger partial charge >= 0.3 is 0 Å². The number of hydrogen-bond donors (Lipinski definition) is 0. The van der Waals surface area contributed by atoms with Crippen LogP contribution >= 0.6 is 0 Å². The predicted octanol–water partition coefficient (Wildman–Crippen LogP) is 1.51. The van der Waals surface area contributed by atoms with Crippen molar-refractivity contribution in [3.63, 3.8) is 0 Å². The van der Waals surface area contributed by atoms with Crippen LogP contribution in [0.15, 0.2) is 6.20 Å². The zero-order valence-corrected chi connectivity index (χ0v) is 8.22. The molecule has 3 rings (SSSR count). The van der Waals surface area contributed by atoms with Gasteiger partial charge in [-0.1, -0.05) is 5.21 Å². The Hall–Kier alpha value is -0.900. The fraction of sp³-hybridized carbons (Fsp3) is 0.800. The van der Waals surface area contributed by atoms with Crippen LogP contribution in [0.4, 0.5) is 0 Å². The molecule has 0 N–H and O–H groups in total. The minimum atomic E-state index is 0.517. The summed E-state index contributed by atoms with van der Waals surface area (Å²) >= 11 is 0. The first-order valence-corrected chi connectivity index (χ1v) is 5.43. The highest BCUT2D eigenvalue weighted by Crippen LogP contribution is 2.39. The molecule has 2 heterocycles. The lowest BCUT2D eigenvalue weighted by atomic mass is 10.1. The minimum absolute atomic E-state index is 0.517. The topological polar surface area (TPSA) is 39.9 Å². The summed E-state index contributed by atoms with van der Waals surface area (Å²) in [7, 11) is 0. The summed E-state index contributed by atoms with van der Waals surface area (Å²) in [4.78, 5) is 0. The van der Waals surface area contributed by atoms with Gasteiger partial charge in [-0.25, -0.2) is 4.68 Å². The lowest BCUT2D eigenvalue weighted by Crippen LogP contribution is -2.19. The van der Waals surface area contributed by atoms with Crippen LogP contribution in [0.5, 0.6) is 0 Å². The standard InChI is InChI=1S/C10H15N3O/c1-2-8(1)10-7-13(12-11-10)9-3-5-14-6-4-9/h7-9H,1-6H2. The normalized spacial score (nSPS) is 24.0. The van der Waals surface area contributed by atoms with Gasteiger partial charge in [-0.05, 0) is 25.7 Å². The zero-order chi connectivity index (χ0) is 9.38. The molecule has 0 unspecified atom stereocenters. The van der Waals surface area contributed by atoms with Crippen LogP contribution in [0.2, 0.25) is 0 Å². The maximum atomic E-state index is 5.33. The Morgan fingerprint density at radius 3 is 2.71 bits per heavy atom. The lowest BCUT2D eigenvalue weighted by Gasteiger charge is -2.21. The highest BCUT2D eigenvalue weighted by Gasteiger charge is 2.27. The van der Waals surface area contributed by atoms with Crippen molar-refractivity contribution >= 4 is 0 Å². The van der Waals surface area contributed by atoms with E-state index in [0.717, 1.165) is 26.1 Å². The Bertz CT molecular complexity index is 313. The van der Waals surface area contributed by atoms with Gasteiger partial charge in [0.25, 0.3) is 0 Å². The van der Waals surface area contributed by atoms with Crippen LogP contribution in [0.1, 0.15) is 43.3 Å². The molecule has 0 atom stereocenters. The summed E-state index contributed by atoms with van der Waals surface area (Å²) in [6.45, 7) is 1.73. The van der Waals surface area contributed by atoms with Gasteiger partial charge in [0.05, 0.1) is 11.7 Å². The molecule has 4 nitrogen and oxygen atoms in total. The van der Waals surface area contributed by atoms with E-state index < -0.39 is 0 Å². The van der Waals surface area contributed by atoms with E-state index in [-0.39, 0.29) is 0 Å². The van der Waals surface area contributed by atoms with Crippen molar-refractivity contribution in [2.24, 2.45) is 0 Å². The number of hydrogen-bond acceptors (Lipinski definition) is 3. The van der Waals surface area contributed by atoms with E-state index in [2.05, 4.69) is 16.5 Å². The number of rotatable bonds is 2. The predicted molar refractivity (Wildman–Crippen MR) is 51.1 cm³/mol. The van der Waals surface area contributed by atoms with Gasteiger partial charge in [0, 0.05) is 25.3 Å². The van der Waals surface area contributed by atoms with E-state index >= 15 is 0 Å². The van der Waals surface area contributed by atoms with Gasteiger partial charge < -0.3 is 4.74 Å². The fourth-order valence-electron chi connectivity index (χ4n) is 1.98. The quantitative estimate of drug-likeness (QED) is 0.714. The third-order valence-corrected chi connectivity index (χ3v) is 3.09. The zero-order valence-electron chi connectivity index (χ0n) is 8.22. The van der Waals surface area contributed by atoms with Crippen LogP contribution in [0.3, 0.4) is 0 Å². The Balaban J connectivity index is 1.74. The van der Waals surface area contributed by atoms with E-state index in [0.29, 0.717) is 12.0 Å². The molecule has 1 aliphatic heterocycles. The average molecular weight is 193 g/mol. The van der Waals surface area contributed by atoms with Gasteiger partial charge in [0.15, 0.2) is 0 Å². The molecule has 2 fully saturated rings. The molecule has 2 aliphatic rings. The number of ether oxygens (including phenoxy) is 1. The molecule has 76 valence electrons. The third kappa shape index (κ3) is 1.54. The van der Waals surface area contributed by atoms with Gasteiger partial charge in [-0.15, -0.1) is 5.10 Å². The Kier molecular flexibility index (Phi) is 2.01. The van der Waals surface area contributed by atoms with E-state index in [9.17, 15) is 0 Å². The summed E-state index contributed by atoms with van der Waals surface area (Å²) in [5.74, 6) is 0.712. The average Bonchev–Trinajstić information content (AvgIpc) is 2.98. The van der Waals surface area contributed by atoms with E-state index in [1.807, 2.05) is 4.68 Å². The third-order valence-electron chi connectivity index (χ3n) is 3.09. The molecule has 4 heteroatoms. The van der Waals surface area contributed by atoms with E-state index in [1.165, 1.54) is 18.5 Å². The molecule has 1 saturated carbocycles. The minimum Gasteiger partial charge on any atom is -0.381 e. The summed E-state index contributed by atoms with van der Waals surface area (Å²) < 4.78 is 7.36. The van der Waals surface area contributed by atoms with Crippen molar-refractivity contribution in [1.82, 2.24) is 15.0 Å². The molecule has 0 spiro atoms. The molecule has 0 bridgehead atoms. The molecular formula is C10H15N3O. The maximum Gasteiger partial charge on any atom is 0.0858 e. The monoisotopic (exact) mass is 193 g/mol. The summed E-state index contributed by atoms with van der Waals surface area (Å²) in [6.07, 6.45) is 6.88. The maximum absolute atomic E-state index is 5.33. The molecule has 1 aromatic rings. The second-order valence-electron chi connectivity index (χ2n) is 4.24. The first-order chi connectivity index (χ1) is 6.93. The Labute approximate surface area is 83.2 Å². The van der Waals surface area contributed by atoms with Crippen molar-refractivity contribution in [1.29, 1.82) is 0 Å². The van der Waals surface area contributed by atoms with Crippen LogP contribution < -0.4 is 0 Å². The van der Waals surface area contributed by atoms with E-state index in [1.54, 1.807) is 0 Å². The SMILES string of the molecule is c1c(C2CC2)nnn1C1CCOCC1. The van der Waals surface area contributed by atoms with Gasteiger partial charge in [-0.2, -0.15) is 0 Å². The first kappa shape index (κ1) is 8.41. The van der Waals surface area contributed by atoms with Crippen LogP contribution in [-0.2, 0) is 4.74 Å². The van der Waals surface area contributed by atoms with Gasteiger partial charge in [0.2, 0.25) is 0 Å².